The fraction of sp³-hybridized carbons (Fsp3) is 0.529. The zero-order valence-corrected chi connectivity index (χ0v) is 13.8. The van der Waals surface area contributed by atoms with Crippen molar-refractivity contribution in [3.05, 3.63) is 29.8 Å². The van der Waals surface area contributed by atoms with Crippen LogP contribution in [0.3, 0.4) is 0 Å². The Morgan fingerprint density at radius 3 is 2.48 bits per heavy atom. The highest BCUT2D eigenvalue weighted by Crippen LogP contribution is 2.27. The third kappa shape index (κ3) is 4.22. The van der Waals surface area contributed by atoms with Crippen molar-refractivity contribution in [3.8, 4) is 5.75 Å². The van der Waals surface area contributed by atoms with Gasteiger partial charge in [-0.15, -0.1) is 0 Å². The summed E-state index contributed by atoms with van der Waals surface area (Å²) in [5, 5.41) is 2.84. The standard InChI is InChI=1S/C17H24N2O4/c1-11(2)13-6-4-5-7-14(13)23-12(3)16(21)19-17(8-15(18)20)9-22-10-17/h4-7,11-12H,8-10H2,1-3H3,(H2,18,20)(H,19,21). The van der Waals surface area contributed by atoms with E-state index >= 15 is 0 Å². The number of nitrogens with two attached hydrogens (primary N) is 1. The molecule has 1 fully saturated rings. The molecule has 2 amide bonds. The Morgan fingerprint density at radius 1 is 1.30 bits per heavy atom. The molecule has 6 nitrogen and oxygen atoms in total. The Kier molecular flexibility index (Phi) is 5.26. The summed E-state index contributed by atoms with van der Waals surface area (Å²) in [6, 6.07) is 7.66. The Hall–Kier alpha value is -2.08. The van der Waals surface area contributed by atoms with Gasteiger partial charge in [0.1, 0.15) is 5.75 Å². The summed E-state index contributed by atoms with van der Waals surface area (Å²) < 4.78 is 10.9. The monoisotopic (exact) mass is 320 g/mol. The van der Waals surface area contributed by atoms with Gasteiger partial charge in [0.05, 0.1) is 25.2 Å². The summed E-state index contributed by atoms with van der Waals surface area (Å²) >= 11 is 0. The molecule has 0 aliphatic carbocycles. The molecule has 23 heavy (non-hydrogen) atoms. The fourth-order valence-electron chi connectivity index (χ4n) is 2.57. The first kappa shape index (κ1) is 17.3. The zero-order valence-electron chi connectivity index (χ0n) is 13.8. The SMILES string of the molecule is CC(Oc1ccccc1C(C)C)C(=O)NC1(CC(N)=O)COC1. The van der Waals surface area contributed by atoms with Crippen LogP contribution in [-0.4, -0.2) is 36.7 Å². The molecule has 1 heterocycles. The van der Waals surface area contributed by atoms with Crippen LogP contribution in [0.5, 0.6) is 5.75 Å². The lowest BCUT2D eigenvalue weighted by Gasteiger charge is -2.41. The maximum absolute atomic E-state index is 12.4. The molecule has 0 spiro atoms. The molecule has 1 unspecified atom stereocenters. The Morgan fingerprint density at radius 2 is 1.96 bits per heavy atom. The van der Waals surface area contributed by atoms with Crippen molar-refractivity contribution < 1.29 is 19.1 Å². The number of amides is 2. The molecular formula is C17H24N2O4. The number of para-hydroxylation sites is 1. The Balaban J connectivity index is 2.02. The van der Waals surface area contributed by atoms with E-state index in [4.69, 9.17) is 15.2 Å². The minimum absolute atomic E-state index is 0.0635. The number of hydrogen-bond donors (Lipinski definition) is 2. The minimum atomic E-state index is -0.696. The highest BCUT2D eigenvalue weighted by molar-refractivity contribution is 5.83. The maximum atomic E-state index is 12.4. The molecule has 0 aromatic heterocycles. The molecule has 1 aromatic rings. The lowest BCUT2D eigenvalue weighted by Crippen LogP contribution is -2.65. The molecule has 1 aliphatic rings. The quantitative estimate of drug-likeness (QED) is 0.793. The summed E-state index contributed by atoms with van der Waals surface area (Å²) in [7, 11) is 0. The molecule has 1 saturated heterocycles. The number of nitrogens with one attached hydrogen (secondary N) is 1. The van der Waals surface area contributed by atoms with Gasteiger partial charge in [-0.1, -0.05) is 32.0 Å². The first-order valence-electron chi connectivity index (χ1n) is 7.77. The fourth-order valence-corrected chi connectivity index (χ4v) is 2.57. The van der Waals surface area contributed by atoms with Crippen molar-refractivity contribution in [3.63, 3.8) is 0 Å². The third-order valence-corrected chi connectivity index (χ3v) is 3.87. The van der Waals surface area contributed by atoms with Crippen LogP contribution in [0.1, 0.15) is 38.7 Å². The largest absolute Gasteiger partial charge is 0.481 e. The van der Waals surface area contributed by atoms with Gasteiger partial charge in [0.15, 0.2) is 6.10 Å². The number of rotatable bonds is 7. The summed E-state index contributed by atoms with van der Waals surface area (Å²) in [5.74, 6) is 0.238. The molecule has 1 atom stereocenters. The second kappa shape index (κ2) is 7.00. The van der Waals surface area contributed by atoms with Crippen LogP contribution >= 0.6 is 0 Å². The number of benzene rings is 1. The number of ether oxygens (including phenoxy) is 2. The van der Waals surface area contributed by atoms with Gasteiger partial charge in [-0.05, 0) is 24.5 Å². The van der Waals surface area contributed by atoms with Crippen molar-refractivity contribution in [2.45, 2.75) is 44.8 Å². The average Bonchev–Trinajstić information content (AvgIpc) is 2.44. The van der Waals surface area contributed by atoms with Crippen LogP contribution in [0.4, 0.5) is 0 Å². The topological polar surface area (TPSA) is 90.6 Å². The molecule has 0 saturated carbocycles. The van der Waals surface area contributed by atoms with Crippen molar-refractivity contribution in [1.82, 2.24) is 5.32 Å². The Bertz CT molecular complexity index is 582. The molecule has 6 heteroatoms. The summed E-state index contributed by atoms with van der Waals surface area (Å²) in [4.78, 5) is 23.5. The molecule has 2 rings (SSSR count). The summed E-state index contributed by atoms with van der Waals surface area (Å²) in [6.45, 7) is 6.40. The zero-order chi connectivity index (χ0) is 17.0. The normalized spacial score (nSPS) is 17.2. The van der Waals surface area contributed by atoms with Crippen LogP contribution in [0, 0.1) is 0 Å². The average molecular weight is 320 g/mol. The molecule has 126 valence electrons. The van der Waals surface area contributed by atoms with Gasteiger partial charge >= 0.3 is 0 Å². The molecule has 1 aliphatic heterocycles. The van der Waals surface area contributed by atoms with Gasteiger partial charge in [-0.25, -0.2) is 0 Å². The highest BCUT2D eigenvalue weighted by Gasteiger charge is 2.42. The first-order valence-corrected chi connectivity index (χ1v) is 7.77. The van der Waals surface area contributed by atoms with Gasteiger partial charge in [-0.2, -0.15) is 0 Å². The van der Waals surface area contributed by atoms with Crippen LogP contribution in [0.15, 0.2) is 24.3 Å². The van der Waals surface area contributed by atoms with E-state index in [1.807, 2.05) is 24.3 Å². The van der Waals surface area contributed by atoms with E-state index in [9.17, 15) is 9.59 Å². The number of hydrogen-bond acceptors (Lipinski definition) is 4. The van der Waals surface area contributed by atoms with Crippen LogP contribution in [0.25, 0.3) is 0 Å². The van der Waals surface area contributed by atoms with Gasteiger partial charge in [0, 0.05) is 0 Å². The number of carbonyl (C=O) groups is 2. The van der Waals surface area contributed by atoms with E-state index in [1.54, 1.807) is 6.92 Å². The van der Waals surface area contributed by atoms with Crippen molar-refractivity contribution in [2.24, 2.45) is 5.73 Å². The number of carbonyl (C=O) groups excluding carboxylic acids is 2. The van der Waals surface area contributed by atoms with E-state index in [0.29, 0.717) is 11.7 Å². The minimum Gasteiger partial charge on any atom is -0.481 e. The summed E-state index contributed by atoms with van der Waals surface area (Å²) in [5.41, 5.74) is 5.59. The molecular weight excluding hydrogens is 296 g/mol. The highest BCUT2D eigenvalue weighted by atomic mass is 16.5. The van der Waals surface area contributed by atoms with E-state index in [2.05, 4.69) is 19.2 Å². The van der Waals surface area contributed by atoms with Crippen molar-refractivity contribution in [1.29, 1.82) is 0 Å². The second-order valence-corrected chi connectivity index (χ2v) is 6.36. The van der Waals surface area contributed by atoms with Crippen LogP contribution in [-0.2, 0) is 14.3 Å². The maximum Gasteiger partial charge on any atom is 0.261 e. The van der Waals surface area contributed by atoms with Gasteiger partial charge in [0.2, 0.25) is 5.91 Å². The lowest BCUT2D eigenvalue weighted by molar-refractivity contribution is -0.142. The predicted octanol–water partition coefficient (Wildman–Crippen LogP) is 1.34. The van der Waals surface area contributed by atoms with Gasteiger partial charge < -0.3 is 20.5 Å². The lowest BCUT2D eigenvalue weighted by atomic mass is 9.92. The summed E-state index contributed by atoms with van der Waals surface area (Å²) in [6.07, 6.45) is -0.617. The predicted molar refractivity (Wildman–Crippen MR) is 86.1 cm³/mol. The van der Waals surface area contributed by atoms with Crippen molar-refractivity contribution >= 4 is 11.8 Å². The van der Waals surface area contributed by atoms with E-state index in [1.165, 1.54) is 0 Å². The molecule has 3 N–H and O–H groups in total. The van der Waals surface area contributed by atoms with Gasteiger partial charge in [-0.3, -0.25) is 9.59 Å². The molecule has 1 aromatic carbocycles. The van der Waals surface area contributed by atoms with E-state index in [-0.39, 0.29) is 25.5 Å². The smallest absolute Gasteiger partial charge is 0.261 e. The molecule has 0 radical (unpaired) electrons. The Labute approximate surface area is 136 Å². The molecule has 0 bridgehead atoms. The third-order valence-electron chi connectivity index (χ3n) is 3.87. The van der Waals surface area contributed by atoms with Gasteiger partial charge in [0.25, 0.3) is 5.91 Å². The van der Waals surface area contributed by atoms with Crippen molar-refractivity contribution in [2.75, 3.05) is 13.2 Å². The van der Waals surface area contributed by atoms with Crippen LogP contribution < -0.4 is 15.8 Å². The van der Waals surface area contributed by atoms with E-state index < -0.39 is 17.6 Å². The second-order valence-electron chi connectivity index (χ2n) is 6.36. The first-order chi connectivity index (χ1) is 10.8. The van der Waals surface area contributed by atoms with Crippen LogP contribution in [0.2, 0.25) is 0 Å². The number of primary amides is 1. The van der Waals surface area contributed by atoms with E-state index in [0.717, 1.165) is 5.56 Å².